The minimum absolute atomic E-state index is 0.143. The molecule has 2 nitrogen and oxygen atoms in total. The maximum atomic E-state index is 12.5. The summed E-state index contributed by atoms with van der Waals surface area (Å²) >= 11 is 0. The summed E-state index contributed by atoms with van der Waals surface area (Å²) in [5.41, 5.74) is 1.67. The van der Waals surface area contributed by atoms with Crippen molar-refractivity contribution in [3.8, 4) is 5.75 Å². The first-order valence-electron chi connectivity index (χ1n) is 6.67. The molecule has 0 amide bonds. The molecule has 0 radical (unpaired) electrons. The van der Waals surface area contributed by atoms with Crippen molar-refractivity contribution in [3.05, 3.63) is 59.7 Å². The molecule has 0 aromatic heterocycles. The number of hydrogen-bond acceptors (Lipinski definition) is 2. The zero-order valence-corrected chi connectivity index (χ0v) is 11.2. The average Bonchev–Trinajstić information content (AvgIpc) is 2.87. The number of hydrogen-bond donors (Lipinski definition) is 1. The maximum Gasteiger partial charge on any atom is 0.416 e. The predicted molar refractivity (Wildman–Crippen MR) is 74.5 cm³/mol. The molecule has 1 aliphatic rings. The van der Waals surface area contributed by atoms with Gasteiger partial charge in [0.1, 0.15) is 12.4 Å². The molecule has 21 heavy (non-hydrogen) atoms. The minimum atomic E-state index is -4.31. The van der Waals surface area contributed by atoms with Crippen molar-refractivity contribution in [2.45, 2.75) is 18.6 Å². The second-order valence-corrected chi connectivity index (χ2v) is 5.04. The molecule has 1 heterocycles. The van der Waals surface area contributed by atoms with Crippen molar-refractivity contribution in [1.29, 1.82) is 0 Å². The lowest BCUT2D eigenvalue weighted by Gasteiger charge is -2.13. The van der Waals surface area contributed by atoms with Crippen LogP contribution in [0.25, 0.3) is 0 Å². The van der Waals surface area contributed by atoms with Gasteiger partial charge in [0.05, 0.1) is 11.6 Å². The topological polar surface area (TPSA) is 21.3 Å². The fourth-order valence-electron chi connectivity index (χ4n) is 2.41. The lowest BCUT2D eigenvalue weighted by atomic mass is 10.1. The molecule has 0 fully saturated rings. The van der Waals surface area contributed by atoms with Crippen molar-refractivity contribution in [1.82, 2.24) is 0 Å². The summed E-state index contributed by atoms with van der Waals surface area (Å²) in [4.78, 5) is 0. The molecule has 0 aliphatic carbocycles. The van der Waals surface area contributed by atoms with E-state index in [9.17, 15) is 13.2 Å². The van der Waals surface area contributed by atoms with Crippen molar-refractivity contribution < 1.29 is 17.9 Å². The SMILES string of the molecule is FC(F)(F)c1ccc(OCC2Cc3ccccc3N2)cc1. The molecular formula is C16H14F3NO. The van der Waals surface area contributed by atoms with Gasteiger partial charge in [-0.1, -0.05) is 18.2 Å². The van der Waals surface area contributed by atoms with Gasteiger partial charge in [-0.3, -0.25) is 0 Å². The smallest absolute Gasteiger partial charge is 0.416 e. The maximum absolute atomic E-state index is 12.5. The third kappa shape index (κ3) is 3.12. The van der Waals surface area contributed by atoms with E-state index >= 15 is 0 Å². The van der Waals surface area contributed by atoms with Crippen LogP contribution in [0, 0.1) is 0 Å². The first-order chi connectivity index (χ1) is 10.0. The molecule has 0 saturated carbocycles. The zero-order valence-electron chi connectivity index (χ0n) is 11.2. The molecular weight excluding hydrogens is 279 g/mol. The van der Waals surface area contributed by atoms with E-state index in [0.717, 1.165) is 24.2 Å². The van der Waals surface area contributed by atoms with Crippen LogP contribution >= 0.6 is 0 Å². The standard InChI is InChI=1S/C16H14F3NO/c17-16(18,19)12-5-7-14(8-6-12)21-10-13-9-11-3-1-2-4-15(11)20-13/h1-8,13,20H,9-10H2. The van der Waals surface area contributed by atoms with Crippen molar-refractivity contribution in [2.75, 3.05) is 11.9 Å². The van der Waals surface area contributed by atoms with Gasteiger partial charge < -0.3 is 10.1 Å². The highest BCUT2D eigenvalue weighted by atomic mass is 19.4. The minimum Gasteiger partial charge on any atom is -0.491 e. The number of ether oxygens (including phenoxy) is 1. The molecule has 5 heteroatoms. The van der Waals surface area contributed by atoms with Gasteiger partial charge in [-0.25, -0.2) is 0 Å². The highest BCUT2D eigenvalue weighted by Gasteiger charge is 2.30. The van der Waals surface area contributed by atoms with Crippen molar-refractivity contribution in [3.63, 3.8) is 0 Å². The van der Waals surface area contributed by atoms with Gasteiger partial charge in [-0.15, -0.1) is 0 Å². The fraction of sp³-hybridized carbons (Fsp3) is 0.250. The first kappa shape index (κ1) is 13.8. The van der Waals surface area contributed by atoms with E-state index in [0.29, 0.717) is 12.4 Å². The Morgan fingerprint density at radius 3 is 2.43 bits per heavy atom. The molecule has 0 bridgehead atoms. The van der Waals surface area contributed by atoms with E-state index in [1.807, 2.05) is 18.2 Å². The van der Waals surface area contributed by atoms with Crippen LogP contribution in [-0.2, 0) is 12.6 Å². The predicted octanol–water partition coefficient (Wildman–Crippen LogP) is 4.12. The van der Waals surface area contributed by atoms with Crippen LogP contribution in [-0.4, -0.2) is 12.6 Å². The summed E-state index contributed by atoms with van der Waals surface area (Å²) in [7, 11) is 0. The number of rotatable bonds is 3. The Morgan fingerprint density at radius 1 is 1.05 bits per heavy atom. The number of benzene rings is 2. The summed E-state index contributed by atoms with van der Waals surface area (Å²) in [6.07, 6.45) is -3.45. The highest BCUT2D eigenvalue weighted by Crippen LogP contribution is 2.30. The molecule has 110 valence electrons. The first-order valence-corrected chi connectivity index (χ1v) is 6.67. The molecule has 1 N–H and O–H groups in total. The van der Waals surface area contributed by atoms with E-state index < -0.39 is 11.7 Å². The van der Waals surface area contributed by atoms with Crippen LogP contribution in [0.2, 0.25) is 0 Å². The van der Waals surface area contributed by atoms with Gasteiger partial charge in [0, 0.05) is 5.69 Å². The Bertz CT molecular complexity index is 597. The highest BCUT2D eigenvalue weighted by molar-refractivity contribution is 5.56. The molecule has 2 aromatic rings. The van der Waals surface area contributed by atoms with Gasteiger partial charge in [0.25, 0.3) is 0 Å². The van der Waals surface area contributed by atoms with E-state index in [2.05, 4.69) is 11.4 Å². The summed E-state index contributed by atoms with van der Waals surface area (Å²) < 4.78 is 42.9. The Hall–Kier alpha value is -2.17. The van der Waals surface area contributed by atoms with Gasteiger partial charge in [-0.05, 0) is 42.3 Å². The van der Waals surface area contributed by atoms with Crippen LogP contribution in [0.4, 0.5) is 18.9 Å². The third-order valence-electron chi connectivity index (χ3n) is 3.48. The van der Waals surface area contributed by atoms with Crippen molar-refractivity contribution in [2.24, 2.45) is 0 Å². The Kier molecular flexibility index (Phi) is 3.49. The molecule has 1 unspecified atom stereocenters. The van der Waals surface area contributed by atoms with E-state index in [1.54, 1.807) is 0 Å². The van der Waals surface area contributed by atoms with Crippen LogP contribution in [0.1, 0.15) is 11.1 Å². The molecule has 0 spiro atoms. The lowest BCUT2D eigenvalue weighted by Crippen LogP contribution is -2.24. The second-order valence-electron chi connectivity index (χ2n) is 5.04. The largest absolute Gasteiger partial charge is 0.491 e. The van der Waals surface area contributed by atoms with Crippen LogP contribution < -0.4 is 10.1 Å². The molecule has 1 atom stereocenters. The zero-order chi connectivity index (χ0) is 14.9. The van der Waals surface area contributed by atoms with Gasteiger partial charge in [0.15, 0.2) is 0 Å². The summed E-state index contributed by atoms with van der Waals surface area (Å²) in [6, 6.07) is 12.9. The number of para-hydroxylation sites is 1. The Labute approximate surface area is 120 Å². The fourth-order valence-corrected chi connectivity index (χ4v) is 2.41. The molecule has 1 aliphatic heterocycles. The lowest BCUT2D eigenvalue weighted by molar-refractivity contribution is -0.137. The Balaban J connectivity index is 1.57. The van der Waals surface area contributed by atoms with Crippen LogP contribution in [0.3, 0.4) is 0 Å². The second kappa shape index (κ2) is 5.31. The monoisotopic (exact) mass is 293 g/mol. The quantitative estimate of drug-likeness (QED) is 0.919. The van der Waals surface area contributed by atoms with Crippen LogP contribution in [0.5, 0.6) is 5.75 Å². The molecule has 0 saturated heterocycles. The number of fused-ring (bicyclic) bond motifs is 1. The number of halogens is 3. The van der Waals surface area contributed by atoms with Crippen molar-refractivity contribution >= 4 is 5.69 Å². The molecule has 3 rings (SSSR count). The van der Waals surface area contributed by atoms with Gasteiger partial charge >= 0.3 is 6.18 Å². The number of anilines is 1. The number of alkyl halides is 3. The van der Waals surface area contributed by atoms with Gasteiger partial charge in [-0.2, -0.15) is 13.2 Å². The summed E-state index contributed by atoms with van der Waals surface area (Å²) in [5, 5.41) is 3.34. The van der Waals surface area contributed by atoms with E-state index in [-0.39, 0.29) is 6.04 Å². The third-order valence-corrected chi connectivity index (χ3v) is 3.48. The van der Waals surface area contributed by atoms with E-state index in [4.69, 9.17) is 4.74 Å². The van der Waals surface area contributed by atoms with E-state index in [1.165, 1.54) is 17.7 Å². The van der Waals surface area contributed by atoms with Gasteiger partial charge in [0.2, 0.25) is 0 Å². The van der Waals surface area contributed by atoms with Crippen LogP contribution in [0.15, 0.2) is 48.5 Å². The summed E-state index contributed by atoms with van der Waals surface area (Å²) in [5.74, 6) is 0.445. The molecule has 2 aromatic carbocycles. The Morgan fingerprint density at radius 2 is 1.76 bits per heavy atom. The number of nitrogens with one attached hydrogen (secondary N) is 1. The normalized spacial score (nSPS) is 17.2. The summed E-state index contributed by atoms with van der Waals surface area (Å²) in [6.45, 7) is 0.417. The average molecular weight is 293 g/mol.